The average molecular weight is 244 g/mol. The van der Waals surface area contributed by atoms with Crippen LogP contribution in [0.4, 0.5) is 0 Å². The zero-order valence-corrected chi connectivity index (χ0v) is 11.0. The van der Waals surface area contributed by atoms with Gasteiger partial charge in [0.25, 0.3) is 0 Å². The van der Waals surface area contributed by atoms with Crippen LogP contribution >= 0.6 is 0 Å². The van der Waals surface area contributed by atoms with Crippen molar-refractivity contribution in [3.63, 3.8) is 0 Å². The zero-order valence-electron chi connectivity index (χ0n) is 11.0. The fourth-order valence-electron chi connectivity index (χ4n) is 2.20. The van der Waals surface area contributed by atoms with Gasteiger partial charge in [0, 0.05) is 6.54 Å². The molecule has 0 aliphatic rings. The van der Waals surface area contributed by atoms with Crippen molar-refractivity contribution in [3.8, 4) is 0 Å². The lowest BCUT2D eigenvalue weighted by Crippen LogP contribution is -2.07. The van der Waals surface area contributed by atoms with E-state index in [0.29, 0.717) is 0 Å². The van der Waals surface area contributed by atoms with E-state index in [2.05, 4.69) is 24.0 Å². The van der Waals surface area contributed by atoms with Crippen LogP contribution in [0.3, 0.4) is 0 Å². The smallest absolute Gasteiger partial charge is 0.121 e. The van der Waals surface area contributed by atoms with Crippen molar-refractivity contribution in [2.45, 2.75) is 39.3 Å². The summed E-state index contributed by atoms with van der Waals surface area (Å²) in [7, 11) is 0. The lowest BCUT2D eigenvalue weighted by atomic mass is 10.0. The molecular weight excluding hydrogens is 224 g/mol. The van der Waals surface area contributed by atoms with E-state index in [9.17, 15) is 5.11 Å². The number of rotatable bonds is 5. The molecular formula is C15H20N2O. The van der Waals surface area contributed by atoms with E-state index >= 15 is 0 Å². The molecule has 0 spiro atoms. The normalized spacial score (nSPS) is 12.6. The number of imidazole rings is 1. The molecule has 3 heteroatoms. The van der Waals surface area contributed by atoms with E-state index in [1.54, 1.807) is 12.5 Å². The maximum Gasteiger partial charge on any atom is 0.121 e. The molecule has 0 radical (unpaired) electrons. The summed E-state index contributed by atoms with van der Waals surface area (Å²) in [6.07, 6.45) is 5.07. The highest BCUT2D eigenvalue weighted by molar-refractivity contribution is 5.29. The summed E-state index contributed by atoms with van der Waals surface area (Å²) < 4.78 is 1.97. The van der Waals surface area contributed by atoms with E-state index in [4.69, 9.17) is 0 Å². The van der Waals surface area contributed by atoms with Crippen LogP contribution in [0.15, 0.2) is 36.8 Å². The third-order valence-corrected chi connectivity index (χ3v) is 3.17. The van der Waals surface area contributed by atoms with Gasteiger partial charge in [0.1, 0.15) is 6.10 Å². The Hall–Kier alpha value is -1.61. The highest BCUT2D eigenvalue weighted by Gasteiger charge is 2.14. The minimum Gasteiger partial charge on any atom is -0.382 e. The molecule has 96 valence electrons. The lowest BCUT2D eigenvalue weighted by molar-refractivity contribution is 0.210. The SMILES string of the molecule is CCCc1cccc(C(O)c2cncn2CC)c1. The molecule has 0 aliphatic heterocycles. The van der Waals surface area contributed by atoms with Crippen molar-refractivity contribution in [1.82, 2.24) is 9.55 Å². The second-order valence-corrected chi connectivity index (χ2v) is 4.50. The van der Waals surface area contributed by atoms with Gasteiger partial charge in [-0.2, -0.15) is 0 Å². The minimum atomic E-state index is -0.593. The third-order valence-electron chi connectivity index (χ3n) is 3.17. The van der Waals surface area contributed by atoms with Gasteiger partial charge in [0.15, 0.2) is 0 Å². The van der Waals surface area contributed by atoms with Gasteiger partial charge in [-0.05, 0) is 24.5 Å². The molecule has 2 aromatic rings. The summed E-state index contributed by atoms with van der Waals surface area (Å²) in [5, 5.41) is 10.4. The number of aromatic nitrogens is 2. The number of benzene rings is 1. The van der Waals surface area contributed by atoms with Gasteiger partial charge in [-0.1, -0.05) is 37.6 Å². The van der Waals surface area contributed by atoms with E-state index in [0.717, 1.165) is 30.6 Å². The van der Waals surface area contributed by atoms with Crippen LogP contribution in [-0.4, -0.2) is 14.7 Å². The highest BCUT2D eigenvalue weighted by atomic mass is 16.3. The summed E-state index contributed by atoms with van der Waals surface area (Å²) >= 11 is 0. The number of aliphatic hydroxyl groups excluding tert-OH is 1. The Kier molecular flexibility index (Phi) is 4.15. The average Bonchev–Trinajstić information content (AvgIpc) is 2.87. The van der Waals surface area contributed by atoms with Gasteiger partial charge in [-0.15, -0.1) is 0 Å². The topological polar surface area (TPSA) is 38.1 Å². The van der Waals surface area contributed by atoms with Crippen LogP contribution in [0.1, 0.15) is 43.2 Å². The fourth-order valence-corrected chi connectivity index (χ4v) is 2.20. The van der Waals surface area contributed by atoms with Crippen molar-refractivity contribution < 1.29 is 5.11 Å². The van der Waals surface area contributed by atoms with E-state index in [-0.39, 0.29) is 0 Å². The largest absolute Gasteiger partial charge is 0.382 e. The monoisotopic (exact) mass is 244 g/mol. The molecule has 1 heterocycles. The molecule has 0 amide bonds. The first kappa shape index (κ1) is 12.8. The third kappa shape index (κ3) is 2.62. The zero-order chi connectivity index (χ0) is 13.0. The van der Waals surface area contributed by atoms with Gasteiger partial charge < -0.3 is 9.67 Å². The van der Waals surface area contributed by atoms with Crippen molar-refractivity contribution in [3.05, 3.63) is 53.6 Å². The number of aryl methyl sites for hydroxylation is 2. The van der Waals surface area contributed by atoms with Gasteiger partial charge in [0.2, 0.25) is 0 Å². The molecule has 0 fully saturated rings. The molecule has 3 nitrogen and oxygen atoms in total. The number of hydrogen-bond donors (Lipinski definition) is 1. The number of hydrogen-bond acceptors (Lipinski definition) is 2. The molecule has 0 bridgehead atoms. The molecule has 0 saturated heterocycles. The Morgan fingerprint density at radius 2 is 2.17 bits per heavy atom. The molecule has 1 N–H and O–H groups in total. The van der Waals surface area contributed by atoms with Crippen LogP contribution in [0.5, 0.6) is 0 Å². The molecule has 1 unspecified atom stereocenters. The second kappa shape index (κ2) is 5.83. The Balaban J connectivity index is 2.28. The van der Waals surface area contributed by atoms with Gasteiger partial charge in [-0.25, -0.2) is 4.98 Å². The van der Waals surface area contributed by atoms with Crippen LogP contribution < -0.4 is 0 Å². The first-order valence-corrected chi connectivity index (χ1v) is 6.53. The van der Waals surface area contributed by atoms with Crippen LogP contribution in [0, 0.1) is 0 Å². The predicted molar refractivity (Wildman–Crippen MR) is 72.4 cm³/mol. The van der Waals surface area contributed by atoms with E-state index in [1.165, 1.54) is 5.56 Å². The highest BCUT2D eigenvalue weighted by Crippen LogP contribution is 2.22. The van der Waals surface area contributed by atoms with Crippen molar-refractivity contribution in [1.29, 1.82) is 0 Å². The quantitative estimate of drug-likeness (QED) is 0.878. The number of nitrogens with zero attached hydrogens (tertiary/aromatic N) is 2. The molecule has 1 aromatic heterocycles. The van der Waals surface area contributed by atoms with Crippen molar-refractivity contribution in [2.24, 2.45) is 0 Å². The Morgan fingerprint density at radius 3 is 2.89 bits per heavy atom. The van der Waals surface area contributed by atoms with Crippen LogP contribution in [-0.2, 0) is 13.0 Å². The molecule has 1 atom stereocenters. The summed E-state index contributed by atoms with van der Waals surface area (Å²) in [5.41, 5.74) is 3.07. The van der Waals surface area contributed by atoms with E-state index < -0.39 is 6.10 Å². The molecule has 0 aliphatic carbocycles. The lowest BCUT2D eigenvalue weighted by Gasteiger charge is -2.14. The van der Waals surface area contributed by atoms with Crippen LogP contribution in [0.2, 0.25) is 0 Å². The summed E-state index contributed by atoms with van der Waals surface area (Å²) in [4.78, 5) is 4.10. The van der Waals surface area contributed by atoms with E-state index in [1.807, 2.05) is 23.6 Å². The first-order chi connectivity index (χ1) is 8.76. The van der Waals surface area contributed by atoms with Crippen molar-refractivity contribution >= 4 is 0 Å². The Morgan fingerprint density at radius 1 is 1.33 bits per heavy atom. The summed E-state index contributed by atoms with van der Waals surface area (Å²) in [6.45, 7) is 5.03. The molecule has 2 rings (SSSR count). The maximum absolute atomic E-state index is 10.4. The second-order valence-electron chi connectivity index (χ2n) is 4.50. The molecule has 0 saturated carbocycles. The first-order valence-electron chi connectivity index (χ1n) is 6.53. The maximum atomic E-state index is 10.4. The Bertz CT molecular complexity index is 505. The predicted octanol–water partition coefficient (Wildman–Crippen LogP) is 2.94. The van der Waals surface area contributed by atoms with Gasteiger partial charge in [0.05, 0.1) is 18.2 Å². The van der Waals surface area contributed by atoms with Gasteiger partial charge >= 0.3 is 0 Å². The van der Waals surface area contributed by atoms with Crippen molar-refractivity contribution in [2.75, 3.05) is 0 Å². The standard InChI is InChI=1S/C15H20N2O/c1-3-6-12-7-5-8-13(9-12)15(18)14-10-16-11-17(14)4-2/h5,7-11,15,18H,3-4,6H2,1-2H3. The Labute approximate surface area is 108 Å². The summed E-state index contributed by atoms with van der Waals surface area (Å²) in [5.74, 6) is 0. The minimum absolute atomic E-state index is 0.593. The summed E-state index contributed by atoms with van der Waals surface area (Å²) in [6, 6.07) is 8.17. The fraction of sp³-hybridized carbons (Fsp3) is 0.400. The van der Waals surface area contributed by atoms with Gasteiger partial charge in [-0.3, -0.25) is 0 Å². The number of aliphatic hydroxyl groups is 1. The molecule has 1 aromatic carbocycles. The van der Waals surface area contributed by atoms with Crippen LogP contribution in [0.25, 0.3) is 0 Å². The molecule has 18 heavy (non-hydrogen) atoms.